The van der Waals surface area contributed by atoms with Crippen molar-refractivity contribution in [3.05, 3.63) is 30.3 Å². The normalized spacial score (nSPS) is 15.2. The first kappa shape index (κ1) is 11.1. The van der Waals surface area contributed by atoms with Crippen LogP contribution in [0.15, 0.2) is 30.3 Å². The van der Waals surface area contributed by atoms with E-state index in [0.717, 1.165) is 5.69 Å². The molecule has 0 atom stereocenters. The molecule has 0 radical (unpaired) electrons. The Morgan fingerprint density at radius 1 is 0.786 bits per heavy atom. The molecule has 0 heterocycles. The van der Waals surface area contributed by atoms with Crippen molar-refractivity contribution in [1.29, 1.82) is 0 Å². The highest BCUT2D eigenvalue weighted by molar-refractivity contribution is 5.40. The third kappa shape index (κ3) is 4.87. The number of benzene rings is 1. The Morgan fingerprint density at radius 3 is 1.50 bits per heavy atom. The molecular formula is C12H20N2. The SMILES string of the molecule is C1CCCCC1.NNc1ccccc1. The van der Waals surface area contributed by atoms with Crippen molar-refractivity contribution in [2.75, 3.05) is 5.43 Å². The lowest BCUT2D eigenvalue weighted by molar-refractivity contribution is 0.504. The Bertz CT molecular complexity index is 206. The maximum atomic E-state index is 5.10. The van der Waals surface area contributed by atoms with Crippen molar-refractivity contribution >= 4 is 5.69 Å². The van der Waals surface area contributed by atoms with E-state index in [4.69, 9.17) is 5.84 Å². The quantitative estimate of drug-likeness (QED) is 0.529. The smallest absolute Gasteiger partial charge is 0.0485 e. The van der Waals surface area contributed by atoms with Gasteiger partial charge in [-0.2, -0.15) is 0 Å². The summed E-state index contributed by atoms with van der Waals surface area (Å²) in [5.74, 6) is 5.10. The van der Waals surface area contributed by atoms with E-state index < -0.39 is 0 Å². The predicted octanol–water partition coefficient (Wildman–Crippen LogP) is 3.31. The maximum absolute atomic E-state index is 5.10. The van der Waals surface area contributed by atoms with Crippen molar-refractivity contribution in [3.63, 3.8) is 0 Å². The van der Waals surface area contributed by atoms with E-state index in [-0.39, 0.29) is 0 Å². The number of hydrogen-bond donors (Lipinski definition) is 2. The number of hydrazine groups is 1. The van der Waals surface area contributed by atoms with Crippen LogP contribution in [0.4, 0.5) is 5.69 Å². The van der Waals surface area contributed by atoms with Gasteiger partial charge >= 0.3 is 0 Å². The predicted molar refractivity (Wildman–Crippen MR) is 62.0 cm³/mol. The molecule has 78 valence electrons. The molecule has 1 fully saturated rings. The first-order valence-corrected chi connectivity index (χ1v) is 5.45. The zero-order valence-electron chi connectivity index (χ0n) is 8.71. The summed E-state index contributed by atoms with van der Waals surface area (Å²) in [5, 5.41) is 0. The van der Waals surface area contributed by atoms with Crippen LogP contribution >= 0.6 is 0 Å². The van der Waals surface area contributed by atoms with Crippen molar-refractivity contribution < 1.29 is 0 Å². The molecule has 3 N–H and O–H groups in total. The van der Waals surface area contributed by atoms with Crippen molar-refractivity contribution in [1.82, 2.24) is 0 Å². The van der Waals surface area contributed by atoms with Crippen molar-refractivity contribution in [3.8, 4) is 0 Å². The highest BCUT2D eigenvalue weighted by atomic mass is 15.2. The van der Waals surface area contributed by atoms with Crippen LogP contribution in [0.1, 0.15) is 38.5 Å². The van der Waals surface area contributed by atoms with Gasteiger partial charge in [0.25, 0.3) is 0 Å². The standard InChI is InChI=1S/C6H8N2.C6H12/c7-8-6-4-2-1-3-5-6;1-2-4-6-5-3-1/h1-5,8H,7H2;1-6H2. The Labute approximate surface area is 86.5 Å². The number of hydrogen-bond acceptors (Lipinski definition) is 2. The number of anilines is 1. The second-order valence-corrected chi connectivity index (χ2v) is 3.63. The number of nitrogens with one attached hydrogen (secondary N) is 1. The van der Waals surface area contributed by atoms with Crippen LogP contribution in [0.5, 0.6) is 0 Å². The minimum atomic E-state index is 0.938. The molecule has 0 aliphatic heterocycles. The van der Waals surface area contributed by atoms with Crippen LogP contribution in [0, 0.1) is 0 Å². The maximum Gasteiger partial charge on any atom is 0.0485 e. The van der Waals surface area contributed by atoms with Gasteiger partial charge in [0.15, 0.2) is 0 Å². The minimum absolute atomic E-state index is 0.938. The molecule has 1 aliphatic rings. The van der Waals surface area contributed by atoms with Crippen LogP contribution in [0.25, 0.3) is 0 Å². The zero-order valence-corrected chi connectivity index (χ0v) is 8.71. The summed E-state index contributed by atoms with van der Waals surface area (Å²) in [5.41, 5.74) is 3.46. The molecule has 1 aliphatic carbocycles. The molecule has 0 amide bonds. The molecule has 0 unspecified atom stereocenters. The summed E-state index contributed by atoms with van der Waals surface area (Å²) >= 11 is 0. The average molecular weight is 192 g/mol. The first-order chi connectivity index (χ1) is 6.93. The molecule has 2 rings (SSSR count). The van der Waals surface area contributed by atoms with Gasteiger partial charge in [-0.1, -0.05) is 56.7 Å². The van der Waals surface area contributed by atoms with Crippen LogP contribution in [-0.2, 0) is 0 Å². The monoisotopic (exact) mass is 192 g/mol. The summed E-state index contributed by atoms with van der Waals surface area (Å²) in [6.07, 6.45) is 9.00. The Hall–Kier alpha value is -1.02. The van der Waals surface area contributed by atoms with Gasteiger partial charge in [-0.25, -0.2) is 0 Å². The van der Waals surface area contributed by atoms with Gasteiger partial charge in [0.2, 0.25) is 0 Å². The Balaban J connectivity index is 0.000000146. The van der Waals surface area contributed by atoms with E-state index >= 15 is 0 Å². The Morgan fingerprint density at radius 2 is 1.21 bits per heavy atom. The van der Waals surface area contributed by atoms with Gasteiger partial charge in [-0.15, -0.1) is 0 Å². The van der Waals surface area contributed by atoms with Gasteiger partial charge in [0.05, 0.1) is 0 Å². The lowest BCUT2D eigenvalue weighted by Crippen LogP contribution is -2.05. The fraction of sp³-hybridized carbons (Fsp3) is 0.500. The summed E-state index contributed by atoms with van der Waals surface area (Å²) in [6.45, 7) is 0. The van der Waals surface area contributed by atoms with E-state index in [9.17, 15) is 0 Å². The average Bonchev–Trinajstić information content (AvgIpc) is 2.33. The first-order valence-electron chi connectivity index (χ1n) is 5.45. The third-order valence-corrected chi connectivity index (χ3v) is 2.44. The van der Waals surface area contributed by atoms with Gasteiger partial charge in [0, 0.05) is 5.69 Å². The molecule has 1 aromatic rings. The molecular weight excluding hydrogens is 172 g/mol. The number of nitrogen functional groups attached to an aromatic ring is 1. The molecule has 2 heteroatoms. The lowest BCUT2D eigenvalue weighted by atomic mass is 10.0. The summed E-state index contributed by atoms with van der Waals surface area (Å²) in [7, 11) is 0. The van der Waals surface area contributed by atoms with E-state index in [1.165, 1.54) is 38.5 Å². The molecule has 2 nitrogen and oxygen atoms in total. The van der Waals surface area contributed by atoms with E-state index in [2.05, 4.69) is 5.43 Å². The van der Waals surface area contributed by atoms with Gasteiger partial charge < -0.3 is 5.43 Å². The lowest BCUT2D eigenvalue weighted by Gasteiger charge is -2.05. The molecule has 0 saturated heterocycles. The second-order valence-electron chi connectivity index (χ2n) is 3.63. The van der Waals surface area contributed by atoms with Crippen LogP contribution in [0.2, 0.25) is 0 Å². The highest BCUT2D eigenvalue weighted by Gasteiger charge is 1.95. The number of para-hydroxylation sites is 1. The fourth-order valence-corrected chi connectivity index (χ4v) is 1.60. The minimum Gasteiger partial charge on any atom is -0.324 e. The zero-order chi connectivity index (χ0) is 10.1. The fourth-order valence-electron chi connectivity index (χ4n) is 1.60. The van der Waals surface area contributed by atoms with E-state index in [1.54, 1.807) is 0 Å². The molecule has 14 heavy (non-hydrogen) atoms. The largest absolute Gasteiger partial charge is 0.324 e. The van der Waals surface area contributed by atoms with Crippen LogP contribution in [0.3, 0.4) is 0 Å². The summed E-state index contributed by atoms with van der Waals surface area (Å²) in [6, 6.07) is 9.60. The second kappa shape index (κ2) is 7.39. The molecule has 0 bridgehead atoms. The molecule has 1 saturated carbocycles. The topological polar surface area (TPSA) is 38.0 Å². The van der Waals surface area contributed by atoms with Crippen molar-refractivity contribution in [2.45, 2.75) is 38.5 Å². The van der Waals surface area contributed by atoms with Gasteiger partial charge in [0.1, 0.15) is 0 Å². The number of rotatable bonds is 1. The van der Waals surface area contributed by atoms with Crippen LogP contribution in [-0.4, -0.2) is 0 Å². The third-order valence-electron chi connectivity index (χ3n) is 2.44. The summed E-state index contributed by atoms with van der Waals surface area (Å²) in [4.78, 5) is 0. The highest BCUT2D eigenvalue weighted by Crippen LogP contribution is 2.15. The summed E-state index contributed by atoms with van der Waals surface area (Å²) < 4.78 is 0. The van der Waals surface area contributed by atoms with E-state index in [1.807, 2.05) is 30.3 Å². The van der Waals surface area contributed by atoms with Crippen molar-refractivity contribution in [2.24, 2.45) is 5.84 Å². The van der Waals surface area contributed by atoms with Gasteiger partial charge in [-0.3, -0.25) is 5.84 Å². The molecule has 0 aromatic heterocycles. The van der Waals surface area contributed by atoms with Gasteiger partial charge in [-0.05, 0) is 12.1 Å². The molecule has 0 spiro atoms. The van der Waals surface area contributed by atoms with E-state index in [0.29, 0.717) is 0 Å². The molecule has 1 aromatic carbocycles. The number of nitrogens with two attached hydrogens (primary N) is 1. The Kier molecular flexibility index (Phi) is 5.84. The van der Waals surface area contributed by atoms with Crippen LogP contribution < -0.4 is 11.3 Å².